The Kier molecular flexibility index (Phi) is 2.88. The number of carboxylic acid groups (broad SMARTS) is 1. The molecule has 2 aliphatic rings. The molecule has 4 heteroatoms. The van der Waals surface area contributed by atoms with Crippen molar-refractivity contribution in [1.82, 2.24) is 4.90 Å². The first-order valence-electron chi connectivity index (χ1n) is 5.64. The van der Waals surface area contributed by atoms with Crippen molar-refractivity contribution < 1.29 is 14.7 Å². The maximum Gasteiger partial charge on any atom is 0.340 e. The van der Waals surface area contributed by atoms with E-state index in [1.165, 1.54) is 6.20 Å². The van der Waals surface area contributed by atoms with Crippen LogP contribution in [0.2, 0.25) is 0 Å². The largest absolute Gasteiger partial charge is 0.478 e. The van der Waals surface area contributed by atoms with Crippen LogP contribution in [0.5, 0.6) is 0 Å². The summed E-state index contributed by atoms with van der Waals surface area (Å²) in [5.41, 5.74) is -0.125. The third kappa shape index (κ3) is 1.90. The molecular weight excluding hydrogens is 218 g/mol. The SMILES string of the molecule is CC(C)N1C=C(C(=O)O)C(=O)[C@@H]2C=CC=C[C@@H]21. The minimum Gasteiger partial charge on any atom is -0.478 e. The fourth-order valence-electron chi connectivity index (χ4n) is 2.25. The smallest absolute Gasteiger partial charge is 0.340 e. The molecule has 0 fully saturated rings. The summed E-state index contributed by atoms with van der Waals surface area (Å²) in [4.78, 5) is 25.0. The van der Waals surface area contributed by atoms with Gasteiger partial charge in [-0.15, -0.1) is 0 Å². The summed E-state index contributed by atoms with van der Waals surface area (Å²) in [7, 11) is 0. The number of hydrogen-bond donors (Lipinski definition) is 1. The summed E-state index contributed by atoms with van der Waals surface area (Å²) in [6, 6.07) is 0.0942. The van der Waals surface area contributed by atoms with Crippen LogP contribution in [-0.4, -0.2) is 33.8 Å². The van der Waals surface area contributed by atoms with Gasteiger partial charge in [-0.05, 0) is 13.8 Å². The van der Waals surface area contributed by atoms with Gasteiger partial charge < -0.3 is 10.0 Å². The molecule has 0 aromatic heterocycles. The summed E-state index contributed by atoms with van der Waals surface area (Å²) in [6.45, 7) is 3.96. The molecule has 0 radical (unpaired) electrons. The van der Waals surface area contributed by atoms with E-state index in [0.29, 0.717) is 0 Å². The fourth-order valence-corrected chi connectivity index (χ4v) is 2.25. The second-order valence-corrected chi connectivity index (χ2v) is 4.54. The molecule has 0 aromatic rings. The standard InChI is InChI=1S/C13H15NO3/c1-8(2)14-7-10(13(16)17)12(15)9-5-3-4-6-11(9)14/h3-9,11H,1-2H3,(H,16,17)/t9-,11+/m1/s1. The molecule has 4 nitrogen and oxygen atoms in total. The molecular formula is C13H15NO3. The highest BCUT2D eigenvalue weighted by molar-refractivity contribution is 6.18. The van der Waals surface area contributed by atoms with Crippen LogP contribution >= 0.6 is 0 Å². The van der Waals surface area contributed by atoms with Gasteiger partial charge in [0.15, 0.2) is 5.78 Å². The van der Waals surface area contributed by atoms with Crippen molar-refractivity contribution in [2.24, 2.45) is 5.92 Å². The molecule has 90 valence electrons. The van der Waals surface area contributed by atoms with Gasteiger partial charge in [0.05, 0.1) is 12.0 Å². The van der Waals surface area contributed by atoms with Crippen molar-refractivity contribution in [3.05, 3.63) is 36.1 Å². The molecule has 1 aliphatic heterocycles. The van der Waals surface area contributed by atoms with E-state index < -0.39 is 5.97 Å². The normalized spacial score (nSPS) is 27.1. The van der Waals surface area contributed by atoms with E-state index in [-0.39, 0.29) is 29.4 Å². The molecule has 0 aromatic carbocycles. The molecule has 0 amide bonds. The second-order valence-electron chi connectivity index (χ2n) is 4.54. The Balaban J connectivity index is 2.46. The predicted octanol–water partition coefficient (Wildman–Crippen LogP) is 1.36. The first-order valence-corrected chi connectivity index (χ1v) is 5.64. The summed E-state index contributed by atoms with van der Waals surface area (Å²) in [5, 5.41) is 9.04. The predicted molar refractivity (Wildman–Crippen MR) is 63.3 cm³/mol. The van der Waals surface area contributed by atoms with Crippen LogP contribution in [0.3, 0.4) is 0 Å². The monoisotopic (exact) mass is 233 g/mol. The number of carbonyl (C=O) groups is 2. The molecule has 2 atom stereocenters. The molecule has 0 bridgehead atoms. The zero-order valence-corrected chi connectivity index (χ0v) is 9.83. The van der Waals surface area contributed by atoms with Gasteiger partial charge in [-0.25, -0.2) is 4.79 Å². The van der Waals surface area contributed by atoms with Gasteiger partial charge in [0.1, 0.15) is 5.57 Å². The molecule has 1 heterocycles. The Morgan fingerprint density at radius 2 is 2.00 bits per heavy atom. The third-order valence-corrected chi connectivity index (χ3v) is 3.12. The Morgan fingerprint density at radius 1 is 1.35 bits per heavy atom. The number of hydrogen-bond acceptors (Lipinski definition) is 3. The van der Waals surface area contributed by atoms with Gasteiger partial charge in [0.2, 0.25) is 0 Å². The van der Waals surface area contributed by atoms with E-state index >= 15 is 0 Å². The number of Topliss-reactive ketones (excluding diaryl/α,β-unsaturated/α-hetero) is 1. The summed E-state index contributed by atoms with van der Waals surface area (Å²) in [5.74, 6) is -1.83. The van der Waals surface area contributed by atoms with Crippen LogP contribution in [-0.2, 0) is 9.59 Å². The van der Waals surface area contributed by atoms with Gasteiger partial charge in [-0.2, -0.15) is 0 Å². The fraction of sp³-hybridized carbons (Fsp3) is 0.385. The lowest BCUT2D eigenvalue weighted by molar-refractivity contribution is -0.136. The van der Waals surface area contributed by atoms with E-state index in [1.54, 1.807) is 12.2 Å². The average Bonchev–Trinajstić information content (AvgIpc) is 2.29. The molecule has 1 N–H and O–H groups in total. The summed E-state index contributed by atoms with van der Waals surface area (Å²) < 4.78 is 0. The van der Waals surface area contributed by atoms with Gasteiger partial charge in [0.25, 0.3) is 0 Å². The maximum absolute atomic E-state index is 12.0. The zero-order valence-electron chi connectivity index (χ0n) is 9.83. The molecule has 0 spiro atoms. The number of carboxylic acids is 1. The number of ketones is 1. The van der Waals surface area contributed by atoms with E-state index in [4.69, 9.17) is 5.11 Å². The van der Waals surface area contributed by atoms with Gasteiger partial charge in [0, 0.05) is 12.2 Å². The van der Waals surface area contributed by atoms with Gasteiger partial charge >= 0.3 is 5.97 Å². The van der Waals surface area contributed by atoms with Crippen LogP contribution < -0.4 is 0 Å². The lowest BCUT2D eigenvalue weighted by atomic mass is 9.83. The minimum atomic E-state index is -1.15. The summed E-state index contributed by atoms with van der Waals surface area (Å²) >= 11 is 0. The highest BCUT2D eigenvalue weighted by Crippen LogP contribution is 2.29. The van der Waals surface area contributed by atoms with Crippen LogP contribution in [0.15, 0.2) is 36.1 Å². The Bertz CT molecular complexity index is 446. The highest BCUT2D eigenvalue weighted by Gasteiger charge is 2.38. The van der Waals surface area contributed by atoms with Crippen LogP contribution in [0, 0.1) is 5.92 Å². The second kappa shape index (κ2) is 4.20. The Labute approximate surface area is 99.9 Å². The minimum absolute atomic E-state index is 0.0596. The number of fused-ring (bicyclic) bond motifs is 1. The lowest BCUT2D eigenvalue weighted by Crippen LogP contribution is -2.48. The van der Waals surface area contributed by atoms with Gasteiger partial charge in [-0.1, -0.05) is 24.3 Å². The molecule has 0 saturated heterocycles. The van der Waals surface area contributed by atoms with Crippen molar-refractivity contribution in [3.8, 4) is 0 Å². The van der Waals surface area contributed by atoms with Gasteiger partial charge in [-0.3, -0.25) is 4.79 Å². The van der Waals surface area contributed by atoms with Crippen molar-refractivity contribution in [2.45, 2.75) is 25.9 Å². The lowest BCUT2D eigenvalue weighted by Gasteiger charge is -2.40. The quantitative estimate of drug-likeness (QED) is 0.732. The van der Waals surface area contributed by atoms with E-state index in [9.17, 15) is 9.59 Å². The van der Waals surface area contributed by atoms with Crippen LogP contribution in [0.1, 0.15) is 13.8 Å². The van der Waals surface area contributed by atoms with Crippen LogP contribution in [0.4, 0.5) is 0 Å². The number of aliphatic carboxylic acids is 1. The highest BCUT2D eigenvalue weighted by atomic mass is 16.4. The third-order valence-electron chi connectivity index (χ3n) is 3.12. The van der Waals surface area contributed by atoms with E-state index in [1.807, 2.05) is 30.9 Å². The molecule has 2 rings (SSSR count). The van der Waals surface area contributed by atoms with E-state index in [2.05, 4.69) is 0 Å². The average molecular weight is 233 g/mol. The number of carbonyl (C=O) groups excluding carboxylic acids is 1. The topological polar surface area (TPSA) is 57.6 Å². The van der Waals surface area contributed by atoms with Crippen molar-refractivity contribution >= 4 is 11.8 Å². The number of allylic oxidation sites excluding steroid dienone is 2. The van der Waals surface area contributed by atoms with E-state index in [0.717, 1.165) is 0 Å². The number of rotatable bonds is 2. The zero-order chi connectivity index (χ0) is 12.6. The Hall–Kier alpha value is -1.84. The van der Waals surface area contributed by atoms with Crippen molar-refractivity contribution in [3.63, 3.8) is 0 Å². The molecule has 17 heavy (non-hydrogen) atoms. The molecule has 1 aliphatic carbocycles. The first-order chi connectivity index (χ1) is 8.02. The van der Waals surface area contributed by atoms with Crippen molar-refractivity contribution in [2.75, 3.05) is 0 Å². The molecule has 0 unspecified atom stereocenters. The van der Waals surface area contributed by atoms with Crippen molar-refractivity contribution in [1.29, 1.82) is 0 Å². The molecule has 0 saturated carbocycles. The first kappa shape index (κ1) is 11.6. The summed E-state index contributed by atoms with van der Waals surface area (Å²) in [6.07, 6.45) is 8.88. The Morgan fingerprint density at radius 3 is 2.59 bits per heavy atom. The van der Waals surface area contributed by atoms with Crippen LogP contribution in [0.25, 0.3) is 0 Å². The maximum atomic E-state index is 12.0. The number of nitrogens with zero attached hydrogens (tertiary/aromatic N) is 1.